The molecule has 2 aliphatic carbocycles. The molecule has 1 N–H and O–H groups in total. The van der Waals surface area contributed by atoms with E-state index in [4.69, 9.17) is 5.11 Å². The fourth-order valence-electron chi connectivity index (χ4n) is 3.12. The molecule has 0 heterocycles. The van der Waals surface area contributed by atoms with Crippen LogP contribution in [0.5, 0.6) is 0 Å². The zero-order chi connectivity index (χ0) is 14.4. The second kappa shape index (κ2) is 4.44. The third-order valence-corrected chi connectivity index (χ3v) is 4.47. The normalized spacial score (nSPS) is 32.3. The van der Waals surface area contributed by atoms with Gasteiger partial charge in [0, 0.05) is 22.5 Å². The van der Waals surface area contributed by atoms with Crippen LogP contribution in [0, 0.1) is 17.3 Å². The second-order valence-electron chi connectivity index (χ2n) is 5.75. The molecule has 0 aromatic rings. The standard InChI is InChI=1S/C15H18O4/c1-8(14(18)19)10-4-6-15(3)7-5-11(16)9(2)12(15)13(10)17/h5,7-8,10H,4,6H2,1-3H3,(H,18,19)/t8?,10?,15-/m0/s1. The van der Waals surface area contributed by atoms with Crippen LogP contribution >= 0.6 is 0 Å². The molecule has 2 unspecified atom stereocenters. The molecule has 0 saturated heterocycles. The van der Waals surface area contributed by atoms with E-state index in [1.165, 1.54) is 6.08 Å². The molecule has 4 nitrogen and oxygen atoms in total. The predicted octanol–water partition coefficient (Wildman–Crippen LogP) is 2.15. The van der Waals surface area contributed by atoms with Crippen molar-refractivity contribution in [2.75, 3.05) is 0 Å². The molecule has 0 amide bonds. The van der Waals surface area contributed by atoms with Gasteiger partial charge in [0.05, 0.1) is 5.92 Å². The summed E-state index contributed by atoms with van der Waals surface area (Å²) in [5.41, 5.74) is 0.575. The summed E-state index contributed by atoms with van der Waals surface area (Å²) in [5, 5.41) is 9.08. The Morgan fingerprint density at radius 1 is 1.47 bits per heavy atom. The van der Waals surface area contributed by atoms with Crippen molar-refractivity contribution < 1.29 is 19.5 Å². The molecular weight excluding hydrogens is 244 g/mol. The van der Waals surface area contributed by atoms with Crippen molar-refractivity contribution in [2.24, 2.45) is 17.3 Å². The zero-order valence-corrected chi connectivity index (χ0v) is 11.4. The molecular formula is C15H18O4. The van der Waals surface area contributed by atoms with Crippen LogP contribution in [0.25, 0.3) is 0 Å². The number of hydrogen-bond acceptors (Lipinski definition) is 3. The van der Waals surface area contributed by atoms with Gasteiger partial charge in [-0.05, 0) is 25.8 Å². The molecule has 4 heteroatoms. The minimum absolute atomic E-state index is 0.149. The van der Waals surface area contributed by atoms with Crippen LogP contribution in [0.15, 0.2) is 23.3 Å². The molecule has 1 saturated carbocycles. The lowest BCUT2D eigenvalue weighted by Crippen LogP contribution is -2.41. The number of carbonyl (C=O) groups is 3. The Labute approximate surface area is 112 Å². The monoisotopic (exact) mass is 262 g/mol. The Bertz CT molecular complexity index is 526. The lowest BCUT2D eigenvalue weighted by Gasteiger charge is -2.40. The lowest BCUT2D eigenvalue weighted by atomic mass is 9.61. The van der Waals surface area contributed by atoms with Gasteiger partial charge < -0.3 is 5.11 Å². The number of allylic oxidation sites excluding steroid dienone is 4. The second-order valence-corrected chi connectivity index (χ2v) is 5.75. The van der Waals surface area contributed by atoms with E-state index >= 15 is 0 Å². The fraction of sp³-hybridized carbons (Fsp3) is 0.533. The van der Waals surface area contributed by atoms with E-state index in [9.17, 15) is 14.4 Å². The van der Waals surface area contributed by atoms with Gasteiger partial charge in [-0.15, -0.1) is 0 Å². The Morgan fingerprint density at radius 2 is 2.11 bits per heavy atom. The van der Waals surface area contributed by atoms with Gasteiger partial charge in [-0.25, -0.2) is 0 Å². The quantitative estimate of drug-likeness (QED) is 0.827. The first kappa shape index (κ1) is 13.7. The van der Waals surface area contributed by atoms with E-state index in [-0.39, 0.29) is 11.6 Å². The average Bonchev–Trinajstić information content (AvgIpc) is 2.34. The Kier molecular flexibility index (Phi) is 3.20. The summed E-state index contributed by atoms with van der Waals surface area (Å²) in [6.45, 7) is 5.16. The molecule has 1 fully saturated rings. The van der Waals surface area contributed by atoms with Gasteiger partial charge >= 0.3 is 5.97 Å². The van der Waals surface area contributed by atoms with Crippen LogP contribution in [-0.2, 0) is 14.4 Å². The molecule has 3 atom stereocenters. The Morgan fingerprint density at radius 3 is 2.68 bits per heavy atom. The minimum Gasteiger partial charge on any atom is -0.481 e. The van der Waals surface area contributed by atoms with Gasteiger partial charge in [0.2, 0.25) is 0 Å². The Hall–Kier alpha value is -1.71. The number of rotatable bonds is 2. The van der Waals surface area contributed by atoms with Gasteiger partial charge in [-0.1, -0.05) is 19.9 Å². The molecule has 19 heavy (non-hydrogen) atoms. The summed E-state index contributed by atoms with van der Waals surface area (Å²) in [4.78, 5) is 35.4. The average molecular weight is 262 g/mol. The van der Waals surface area contributed by atoms with Crippen molar-refractivity contribution in [3.8, 4) is 0 Å². The molecule has 2 rings (SSSR count). The first-order chi connectivity index (χ1) is 8.78. The Balaban J connectivity index is 2.44. The maximum atomic E-state index is 12.6. The fourth-order valence-corrected chi connectivity index (χ4v) is 3.12. The topological polar surface area (TPSA) is 71.4 Å². The summed E-state index contributed by atoms with van der Waals surface area (Å²) in [6.07, 6.45) is 4.57. The minimum atomic E-state index is -0.960. The van der Waals surface area contributed by atoms with E-state index in [1.807, 2.05) is 6.92 Å². The van der Waals surface area contributed by atoms with E-state index in [0.29, 0.717) is 24.0 Å². The van der Waals surface area contributed by atoms with E-state index in [1.54, 1.807) is 19.9 Å². The molecule has 2 aliphatic rings. The summed E-state index contributed by atoms with van der Waals surface area (Å²) < 4.78 is 0. The molecule has 0 aromatic carbocycles. The molecule has 0 aliphatic heterocycles. The van der Waals surface area contributed by atoms with Crippen molar-refractivity contribution in [1.82, 2.24) is 0 Å². The SMILES string of the molecule is CC1=C2C(=O)C(C(C)C(=O)O)CC[C@@]2(C)C=CC1=O. The maximum Gasteiger partial charge on any atom is 0.306 e. The van der Waals surface area contributed by atoms with Crippen molar-refractivity contribution in [2.45, 2.75) is 33.6 Å². The van der Waals surface area contributed by atoms with Crippen LogP contribution in [-0.4, -0.2) is 22.6 Å². The summed E-state index contributed by atoms with van der Waals surface area (Å²) in [5.74, 6) is -2.51. The summed E-state index contributed by atoms with van der Waals surface area (Å²) in [6, 6.07) is 0. The molecule has 0 spiro atoms. The van der Waals surface area contributed by atoms with Crippen molar-refractivity contribution in [3.05, 3.63) is 23.3 Å². The molecule has 0 radical (unpaired) electrons. The number of aliphatic carboxylic acids is 1. The van der Waals surface area contributed by atoms with Crippen LogP contribution in [0.4, 0.5) is 0 Å². The van der Waals surface area contributed by atoms with Crippen LogP contribution in [0.1, 0.15) is 33.6 Å². The highest BCUT2D eigenvalue weighted by Gasteiger charge is 2.46. The number of ketones is 2. The summed E-state index contributed by atoms with van der Waals surface area (Å²) >= 11 is 0. The van der Waals surface area contributed by atoms with Crippen molar-refractivity contribution in [1.29, 1.82) is 0 Å². The number of Topliss-reactive ketones (excluding diaryl/α,β-unsaturated/α-hetero) is 1. The summed E-state index contributed by atoms with van der Waals surface area (Å²) in [7, 11) is 0. The number of carboxylic acid groups (broad SMARTS) is 1. The van der Waals surface area contributed by atoms with Crippen molar-refractivity contribution in [3.63, 3.8) is 0 Å². The van der Waals surface area contributed by atoms with Gasteiger partial charge in [0.15, 0.2) is 11.6 Å². The van der Waals surface area contributed by atoms with Gasteiger partial charge in [-0.2, -0.15) is 0 Å². The highest BCUT2D eigenvalue weighted by molar-refractivity contribution is 6.14. The number of carboxylic acids is 1. The van der Waals surface area contributed by atoms with Crippen molar-refractivity contribution >= 4 is 17.5 Å². The van der Waals surface area contributed by atoms with Crippen LogP contribution in [0.2, 0.25) is 0 Å². The highest BCUT2D eigenvalue weighted by atomic mass is 16.4. The van der Waals surface area contributed by atoms with Gasteiger partial charge in [-0.3, -0.25) is 14.4 Å². The van der Waals surface area contributed by atoms with E-state index in [2.05, 4.69) is 0 Å². The van der Waals surface area contributed by atoms with E-state index in [0.717, 1.165) is 0 Å². The molecule has 102 valence electrons. The maximum absolute atomic E-state index is 12.6. The first-order valence-corrected chi connectivity index (χ1v) is 6.50. The van der Waals surface area contributed by atoms with Gasteiger partial charge in [0.1, 0.15) is 0 Å². The first-order valence-electron chi connectivity index (χ1n) is 6.50. The third-order valence-electron chi connectivity index (χ3n) is 4.47. The number of carbonyl (C=O) groups excluding carboxylic acids is 2. The zero-order valence-electron chi connectivity index (χ0n) is 11.4. The third kappa shape index (κ3) is 2.05. The van der Waals surface area contributed by atoms with E-state index < -0.39 is 23.2 Å². The van der Waals surface area contributed by atoms with Gasteiger partial charge in [0.25, 0.3) is 0 Å². The largest absolute Gasteiger partial charge is 0.481 e. The number of fused-ring (bicyclic) bond motifs is 1. The molecule has 0 aromatic heterocycles. The lowest BCUT2D eigenvalue weighted by molar-refractivity contribution is -0.146. The molecule has 0 bridgehead atoms. The smallest absolute Gasteiger partial charge is 0.306 e. The van der Waals surface area contributed by atoms with Crippen LogP contribution in [0.3, 0.4) is 0 Å². The number of hydrogen-bond donors (Lipinski definition) is 1. The highest BCUT2D eigenvalue weighted by Crippen LogP contribution is 2.47. The predicted molar refractivity (Wildman–Crippen MR) is 69.5 cm³/mol. The van der Waals surface area contributed by atoms with Crippen LogP contribution < -0.4 is 0 Å².